The molecule has 0 unspecified atom stereocenters. The fraction of sp³-hybridized carbons (Fsp3) is 1.00. The molecule has 1 nitrogen and oxygen atoms in total. The van der Waals surface area contributed by atoms with Gasteiger partial charge in [0.25, 0.3) is 0 Å². The summed E-state index contributed by atoms with van der Waals surface area (Å²) < 4.78 is 1.36. The second kappa shape index (κ2) is 9.27. The molecule has 17 heavy (non-hydrogen) atoms. The predicted octanol–water partition coefficient (Wildman–Crippen LogP) is 4.28. The standard InChI is InChI=1S/C15H31NS/c1-16(13-9-10-14-16)12-8-6-4-2-3-5-7-11-15-17/h2-15H2,1H3/p+1. The lowest BCUT2D eigenvalue weighted by atomic mass is 10.1. The highest BCUT2D eigenvalue weighted by atomic mass is 32.1. The smallest absolute Gasteiger partial charge is 0.0786 e. The summed E-state index contributed by atoms with van der Waals surface area (Å²) >= 11 is 4.24. The second-order valence-corrected chi connectivity index (χ2v) is 6.50. The van der Waals surface area contributed by atoms with Crippen LogP contribution in [0.5, 0.6) is 0 Å². The van der Waals surface area contributed by atoms with Gasteiger partial charge in [0, 0.05) is 12.8 Å². The summed E-state index contributed by atoms with van der Waals surface area (Å²) in [7, 11) is 2.45. The van der Waals surface area contributed by atoms with Gasteiger partial charge in [-0.2, -0.15) is 12.6 Å². The van der Waals surface area contributed by atoms with Gasteiger partial charge in [-0.1, -0.05) is 32.1 Å². The van der Waals surface area contributed by atoms with E-state index in [0.29, 0.717) is 0 Å². The van der Waals surface area contributed by atoms with E-state index >= 15 is 0 Å². The lowest BCUT2D eigenvalue weighted by molar-refractivity contribution is -0.897. The van der Waals surface area contributed by atoms with E-state index in [4.69, 9.17) is 0 Å². The van der Waals surface area contributed by atoms with E-state index < -0.39 is 0 Å². The summed E-state index contributed by atoms with van der Waals surface area (Å²) in [5.41, 5.74) is 0. The van der Waals surface area contributed by atoms with Gasteiger partial charge in [0.05, 0.1) is 26.7 Å². The van der Waals surface area contributed by atoms with Crippen LogP contribution in [0.15, 0.2) is 0 Å². The number of hydrogen-bond donors (Lipinski definition) is 1. The van der Waals surface area contributed by atoms with Crippen LogP contribution >= 0.6 is 12.6 Å². The molecule has 0 aromatic heterocycles. The number of hydrogen-bond acceptors (Lipinski definition) is 1. The summed E-state index contributed by atoms with van der Waals surface area (Å²) in [6.45, 7) is 4.30. The van der Waals surface area contributed by atoms with Gasteiger partial charge in [-0.05, 0) is 25.0 Å². The SMILES string of the molecule is C[N+]1(CCCCCCCCCCS)CCCC1. The molecule has 1 saturated heterocycles. The maximum absolute atomic E-state index is 4.24. The zero-order chi connectivity index (χ0) is 12.4. The third-order valence-corrected chi connectivity index (χ3v) is 4.57. The molecule has 0 radical (unpaired) electrons. The highest BCUT2D eigenvalue weighted by molar-refractivity contribution is 7.80. The van der Waals surface area contributed by atoms with Crippen molar-refractivity contribution in [3.05, 3.63) is 0 Å². The van der Waals surface area contributed by atoms with Crippen LogP contribution in [-0.2, 0) is 0 Å². The summed E-state index contributed by atoms with van der Waals surface area (Å²) in [5.74, 6) is 1.07. The average Bonchev–Trinajstić information content (AvgIpc) is 2.74. The highest BCUT2D eigenvalue weighted by Crippen LogP contribution is 2.18. The van der Waals surface area contributed by atoms with Gasteiger partial charge in [0.15, 0.2) is 0 Å². The van der Waals surface area contributed by atoms with Crippen molar-refractivity contribution in [1.82, 2.24) is 0 Å². The molecule has 1 heterocycles. The van der Waals surface area contributed by atoms with Crippen molar-refractivity contribution in [3.8, 4) is 0 Å². The molecule has 0 saturated carbocycles. The molecule has 1 rings (SSSR count). The van der Waals surface area contributed by atoms with E-state index in [0.717, 1.165) is 5.75 Å². The molecule has 1 fully saturated rings. The summed E-state index contributed by atoms with van der Waals surface area (Å²) in [4.78, 5) is 0. The van der Waals surface area contributed by atoms with E-state index in [1.54, 1.807) is 0 Å². The Morgan fingerprint density at radius 1 is 0.765 bits per heavy atom. The van der Waals surface area contributed by atoms with Crippen molar-refractivity contribution >= 4 is 12.6 Å². The first-order valence-corrected chi connectivity index (χ1v) is 8.34. The lowest BCUT2D eigenvalue weighted by Gasteiger charge is -2.29. The topological polar surface area (TPSA) is 0 Å². The Morgan fingerprint density at radius 3 is 1.76 bits per heavy atom. The maximum atomic E-state index is 4.24. The number of nitrogens with zero attached hydrogens (tertiary/aromatic N) is 1. The Kier molecular flexibility index (Phi) is 8.38. The van der Waals surface area contributed by atoms with Crippen LogP contribution in [0, 0.1) is 0 Å². The van der Waals surface area contributed by atoms with E-state index in [2.05, 4.69) is 19.7 Å². The molecule has 0 aromatic rings. The number of quaternary nitrogens is 1. The Morgan fingerprint density at radius 2 is 1.24 bits per heavy atom. The monoisotopic (exact) mass is 258 g/mol. The maximum Gasteiger partial charge on any atom is 0.0786 e. The minimum Gasteiger partial charge on any atom is -0.326 e. The summed E-state index contributed by atoms with van der Waals surface area (Å²) in [6, 6.07) is 0. The fourth-order valence-corrected chi connectivity index (χ4v) is 3.21. The van der Waals surface area contributed by atoms with Crippen molar-refractivity contribution < 1.29 is 4.48 Å². The molecule has 102 valence electrons. The lowest BCUT2D eigenvalue weighted by Crippen LogP contribution is -2.41. The van der Waals surface area contributed by atoms with Gasteiger partial charge in [-0.3, -0.25) is 0 Å². The van der Waals surface area contributed by atoms with E-state index in [1.807, 2.05) is 0 Å². The van der Waals surface area contributed by atoms with Gasteiger partial charge in [-0.25, -0.2) is 0 Å². The first-order chi connectivity index (χ1) is 8.27. The van der Waals surface area contributed by atoms with Crippen molar-refractivity contribution in [2.24, 2.45) is 0 Å². The Labute approximate surface area is 114 Å². The normalized spacial score (nSPS) is 18.7. The van der Waals surface area contributed by atoms with Crippen LogP contribution in [0.2, 0.25) is 0 Å². The minimum atomic E-state index is 1.07. The quantitative estimate of drug-likeness (QED) is 0.337. The molecular weight excluding hydrogens is 226 g/mol. The van der Waals surface area contributed by atoms with E-state index in [9.17, 15) is 0 Å². The van der Waals surface area contributed by atoms with Crippen LogP contribution in [0.1, 0.15) is 64.2 Å². The zero-order valence-corrected chi connectivity index (χ0v) is 12.7. The van der Waals surface area contributed by atoms with Crippen LogP contribution in [-0.4, -0.2) is 36.9 Å². The Hall–Kier alpha value is 0.310. The number of rotatable bonds is 10. The molecule has 0 aliphatic carbocycles. The molecule has 1 aliphatic rings. The molecule has 2 heteroatoms. The molecule has 0 spiro atoms. The molecule has 0 bridgehead atoms. The van der Waals surface area contributed by atoms with Gasteiger partial charge in [0.2, 0.25) is 0 Å². The number of unbranched alkanes of at least 4 members (excludes halogenated alkanes) is 7. The third-order valence-electron chi connectivity index (χ3n) is 4.25. The highest BCUT2D eigenvalue weighted by Gasteiger charge is 2.25. The Balaban J connectivity index is 1.81. The third kappa shape index (κ3) is 7.35. The number of thiol groups is 1. The molecule has 0 atom stereocenters. The first kappa shape index (κ1) is 15.4. The largest absolute Gasteiger partial charge is 0.326 e. The molecule has 0 aromatic carbocycles. The Bertz CT molecular complexity index is 176. The van der Waals surface area contributed by atoms with Crippen molar-refractivity contribution in [2.45, 2.75) is 64.2 Å². The van der Waals surface area contributed by atoms with Crippen molar-refractivity contribution in [2.75, 3.05) is 32.4 Å². The van der Waals surface area contributed by atoms with Crippen LogP contribution in [0.3, 0.4) is 0 Å². The first-order valence-electron chi connectivity index (χ1n) is 7.71. The van der Waals surface area contributed by atoms with Gasteiger partial charge >= 0.3 is 0 Å². The van der Waals surface area contributed by atoms with Crippen LogP contribution in [0.25, 0.3) is 0 Å². The molecule has 0 N–H and O–H groups in total. The predicted molar refractivity (Wildman–Crippen MR) is 80.8 cm³/mol. The molecule has 0 amide bonds. The van der Waals surface area contributed by atoms with Gasteiger partial charge < -0.3 is 4.48 Å². The summed E-state index contributed by atoms with van der Waals surface area (Å²) in [6.07, 6.45) is 14.3. The van der Waals surface area contributed by atoms with Crippen molar-refractivity contribution in [1.29, 1.82) is 0 Å². The van der Waals surface area contributed by atoms with Gasteiger partial charge in [-0.15, -0.1) is 0 Å². The average molecular weight is 258 g/mol. The van der Waals surface area contributed by atoms with Crippen LogP contribution in [0.4, 0.5) is 0 Å². The van der Waals surface area contributed by atoms with Crippen molar-refractivity contribution in [3.63, 3.8) is 0 Å². The summed E-state index contributed by atoms with van der Waals surface area (Å²) in [5, 5.41) is 0. The van der Waals surface area contributed by atoms with Crippen LogP contribution < -0.4 is 0 Å². The minimum absolute atomic E-state index is 1.07. The van der Waals surface area contributed by atoms with Gasteiger partial charge in [0.1, 0.15) is 0 Å². The number of likely N-dealkylation sites (tertiary alicyclic amines) is 1. The van der Waals surface area contributed by atoms with E-state index in [1.165, 1.54) is 88.3 Å². The molecular formula is C15H32NS+. The zero-order valence-electron chi connectivity index (χ0n) is 11.8. The fourth-order valence-electron chi connectivity index (χ4n) is 2.99. The van der Waals surface area contributed by atoms with E-state index in [-0.39, 0.29) is 0 Å². The second-order valence-electron chi connectivity index (χ2n) is 6.05. The molecule has 1 aliphatic heterocycles.